The standard InChI is InChI=1S/C15H16N2O2/c16-10-15(7-8-15)14(18)17-12-5-3-9-19-13-6-2-1-4-11(12)13/h1-2,4,6,12H,3,5,7-9H2,(H,17,18)/t12-/m1/s1. The lowest BCUT2D eigenvalue weighted by Gasteiger charge is -2.19. The fourth-order valence-corrected chi connectivity index (χ4v) is 2.49. The summed E-state index contributed by atoms with van der Waals surface area (Å²) in [5.41, 5.74) is 0.254. The summed E-state index contributed by atoms with van der Waals surface area (Å²) in [7, 11) is 0. The first-order chi connectivity index (χ1) is 9.25. The Balaban J connectivity index is 1.81. The highest BCUT2D eigenvalue weighted by Crippen LogP contribution is 2.45. The van der Waals surface area contributed by atoms with Gasteiger partial charge in [-0.1, -0.05) is 18.2 Å². The molecule has 0 spiro atoms. The zero-order chi connectivity index (χ0) is 13.3. The van der Waals surface area contributed by atoms with Crippen molar-refractivity contribution in [3.8, 4) is 11.8 Å². The first kappa shape index (κ1) is 12.0. The molecule has 19 heavy (non-hydrogen) atoms. The summed E-state index contributed by atoms with van der Waals surface area (Å²) in [5, 5.41) is 12.1. The Morgan fingerprint density at radius 1 is 1.42 bits per heavy atom. The molecule has 1 atom stereocenters. The van der Waals surface area contributed by atoms with Crippen molar-refractivity contribution < 1.29 is 9.53 Å². The Bertz CT molecular complexity index is 543. The third kappa shape index (κ3) is 2.17. The van der Waals surface area contributed by atoms with E-state index in [4.69, 9.17) is 10.00 Å². The maximum absolute atomic E-state index is 12.2. The largest absolute Gasteiger partial charge is 0.493 e. The van der Waals surface area contributed by atoms with Crippen molar-refractivity contribution >= 4 is 5.91 Å². The van der Waals surface area contributed by atoms with Gasteiger partial charge in [0.2, 0.25) is 5.91 Å². The van der Waals surface area contributed by atoms with Gasteiger partial charge in [0, 0.05) is 5.56 Å². The second kappa shape index (κ2) is 4.58. The minimum Gasteiger partial charge on any atom is -0.493 e. The fraction of sp³-hybridized carbons (Fsp3) is 0.467. The summed E-state index contributed by atoms with van der Waals surface area (Å²) in [6.45, 7) is 0.673. The van der Waals surface area contributed by atoms with Crippen molar-refractivity contribution in [2.75, 3.05) is 6.61 Å². The molecule has 2 aliphatic rings. The zero-order valence-electron chi connectivity index (χ0n) is 10.7. The van der Waals surface area contributed by atoms with Crippen LogP contribution in [0, 0.1) is 16.7 Å². The molecule has 1 amide bonds. The van der Waals surface area contributed by atoms with Gasteiger partial charge in [0.05, 0.1) is 18.7 Å². The normalized spacial score (nSPS) is 23.2. The number of hydrogen-bond acceptors (Lipinski definition) is 3. The van der Waals surface area contributed by atoms with E-state index in [-0.39, 0.29) is 11.9 Å². The second-order valence-electron chi connectivity index (χ2n) is 5.25. The van der Waals surface area contributed by atoms with E-state index in [2.05, 4.69) is 11.4 Å². The molecule has 1 aliphatic heterocycles. The van der Waals surface area contributed by atoms with Crippen LogP contribution in [0.15, 0.2) is 24.3 Å². The molecule has 1 heterocycles. The number of hydrogen-bond donors (Lipinski definition) is 1. The topological polar surface area (TPSA) is 62.1 Å². The van der Waals surface area contributed by atoms with Crippen molar-refractivity contribution in [1.82, 2.24) is 5.32 Å². The average Bonchev–Trinajstić information content (AvgIpc) is 3.24. The highest BCUT2D eigenvalue weighted by molar-refractivity contribution is 5.88. The second-order valence-corrected chi connectivity index (χ2v) is 5.25. The Morgan fingerprint density at radius 3 is 2.95 bits per heavy atom. The summed E-state index contributed by atoms with van der Waals surface area (Å²) in [6, 6.07) is 9.88. The van der Waals surface area contributed by atoms with Gasteiger partial charge in [-0.3, -0.25) is 4.79 Å². The van der Waals surface area contributed by atoms with Gasteiger partial charge < -0.3 is 10.1 Å². The van der Waals surface area contributed by atoms with Gasteiger partial charge in [-0.2, -0.15) is 5.26 Å². The monoisotopic (exact) mass is 256 g/mol. The molecule has 4 heteroatoms. The zero-order valence-corrected chi connectivity index (χ0v) is 10.7. The van der Waals surface area contributed by atoms with E-state index < -0.39 is 5.41 Å². The summed E-state index contributed by atoms with van der Waals surface area (Å²) in [6.07, 6.45) is 3.11. The molecular weight excluding hydrogens is 240 g/mol. The summed E-state index contributed by atoms with van der Waals surface area (Å²) >= 11 is 0. The van der Waals surface area contributed by atoms with Gasteiger partial charge in [-0.15, -0.1) is 0 Å². The maximum atomic E-state index is 12.2. The first-order valence-electron chi connectivity index (χ1n) is 6.69. The van der Waals surface area contributed by atoms with Crippen LogP contribution in [0.3, 0.4) is 0 Å². The third-order valence-electron chi connectivity index (χ3n) is 3.89. The van der Waals surface area contributed by atoms with E-state index in [0.717, 1.165) is 24.2 Å². The van der Waals surface area contributed by atoms with Gasteiger partial charge in [0.15, 0.2) is 0 Å². The number of benzene rings is 1. The van der Waals surface area contributed by atoms with Gasteiger partial charge in [0.1, 0.15) is 11.2 Å². The van der Waals surface area contributed by atoms with Crippen molar-refractivity contribution in [2.24, 2.45) is 5.41 Å². The molecule has 1 aromatic rings. The number of carbonyl (C=O) groups is 1. The van der Waals surface area contributed by atoms with Gasteiger partial charge >= 0.3 is 0 Å². The van der Waals surface area contributed by atoms with Crippen molar-refractivity contribution in [3.63, 3.8) is 0 Å². The smallest absolute Gasteiger partial charge is 0.240 e. The predicted molar refractivity (Wildman–Crippen MR) is 69.3 cm³/mol. The molecule has 98 valence electrons. The lowest BCUT2D eigenvalue weighted by molar-refractivity contribution is -0.125. The van der Waals surface area contributed by atoms with Gasteiger partial charge in [-0.25, -0.2) is 0 Å². The lowest BCUT2D eigenvalue weighted by Crippen LogP contribution is -2.34. The number of amides is 1. The summed E-state index contributed by atoms with van der Waals surface area (Å²) in [4.78, 5) is 12.2. The molecule has 3 rings (SSSR count). The third-order valence-corrected chi connectivity index (χ3v) is 3.89. The average molecular weight is 256 g/mol. The van der Waals surface area contributed by atoms with Crippen LogP contribution in [0.1, 0.15) is 37.3 Å². The highest BCUT2D eigenvalue weighted by atomic mass is 16.5. The number of para-hydroxylation sites is 1. The minimum atomic E-state index is -0.762. The van der Waals surface area contributed by atoms with E-state index in [0.29, 0.717) is 19.4 Å². The molecule has 0 radical (unpaired) electrons. The van der Waals surface area contributed by atoms with Crippen LogP contribution in [0.25, 0.3) is 0 Å². The predicted octanol–water partition coefficient (Wildman–Crippen LogP) is 2.32. The minimum absolute atomic E-state index is 0.0444. The van der Waals surface area contributed by atoms with Crippen LogP contribution in [-0.4, -0.2) is 12.5 Å². The van der Waals surface area contributed by atoms with Crippen LogP contribution in [0.4, 0.5) is 0 Å². The van der Waals surface area contributed by atoms with Crippen LogP contribution >= 0.6 is 0 Å². The van der Waals surface area contributed by atoms with Crippen molar-refractivity contribution in [2.45, 2.75) is 31.7 Å². The number of nitrogens with one attached hydrogen (secondary N) is 1. The number of carbonyl (C=O) groups excluding carboxylic acids is 1. The van der Waals surface area contributed by atoms with Crippen molar-refractivity contribution in [3.05, 3.63) is 29.8 Å². The number of ether oxygens (including phenoxy) is 1. The molecule has 0 aromatic heterocycles. The van der Waals surface area contributed by atoms with Crippen LogP contribution < -0.4 is 10.1 Å². The summed E-state index contributed by atoms with van der Waals surface area (Å²) < 4.78 is 5.67. The van der Waals surface area contributed by atoms with Crippen LogP contribution in [0.2, 0.25) is 0 Å². The molecule has 4 nitrogen and oxygen atoms in total. The molecule has 1 saturated carbocycles. The first-order valence-corrected chi connectivity index (χ1v) is 6.69. The van der Waals surface area contributed by atoms with Gasteiger partial charge in [-0.05, 0) is 31.7 Å². The van der Waals surface area contributed by atoms with E-state index >= 15 is 0 Å². The molecule has 1 aromatic carbocycles. The molecule has 0 unspecified atom stereocenters. The highest BCUT2D eigenvalue weighted by Gasteiger charge is 2.51. The Labute approximate surface area is 112 Å². The molecule has 0 bridgehead atoms. The fourth-order valence-electron chi connectivity index (χ4n) is 2.49. The van der Waals surface area contributed by atoms with Crippen molar-refractivity contribution in [1.29, 1.82) is 5.26 Å². The van der Waals surface area contributed by atoms with E-state index in [1.807, 2.05) is 24.3 Å². The summed E-state index contributed by atoms with van der Waals surface area (Å²) in [5.74, 6) is 0.712. The Hall–Kier alpha value is -2.02. The number of fused-ring (bicyclic) bond motifs is 1. The number of rotatable bonds is 2. The van der Waals surface area contributed by atoms with E-state index in [1.54, 1.807) is 0 Å². The quantitative estimate of drug-likeness (QED) is 0.883. The van der Waals surface area contributed by atoms with Gasteiger partial charge in [0.25, 0.3) is 0 Å². The van der Waals surface area contributed by atoms with E-state index in [9.17, 15) is 4.79 Å². The molecule has 1 fully saturated rings. The van der Waals surface area contributed by atoms with Crippen LogP contribution in [0.5, 0.6) is 5.75 Å². The maximum Gasteiger partial charge on any atom is 0.240 e. The Kier molecular flexibility index (Phi) is 2.90. The lowest BCUT2D eigenvalue weighted by atomic mass is 10.00. The molecular formula is C15H16N2O2. The molecule has 1 N–H and O–H groups in total. The van der Waals surface area contributed by atoms with E-state index in [1.165, 1.54) is 0 Å². The Morgan fingerprint density at radius 2 is 2.21 bits per heavy atom. The molecule has 1 aliphatic carbocycles. The number of nitriles is 1. The SMILES string of the molecule is N#CC1(C(=O)N[C@@H]2CCCOc3ccccc32)CC1. The van der Waals surface area contributed by atoms with Crippen LogP contribution in [-0.2, 0) is 4.79 Å². The number of nitrogens with zero attached hydrogens (tertiary/aromatic N) is 1. The molecule has 0 saturated heterocycles.